The van der Waals surface area contributed by atoms with Gasteiger partial charge in [-0.25, -0.2) is 29.9 Å². The van der Waals surface area contributed by atoms with E-state index in [-0.39, 0.29) is 51.0 Å². The lowest BCUT2D eigenvalue weighted by atomic mass is 9.95. The lowest BCUT2D eigenvalue weighted by molar-refractivity contribution is 0.345. The van der Waals surface area contributed by atoms with Crippen molar-refractivity contribution in [3.05, 3.63) is 84.7 Å². The van der Waals surface area contributed by atoms with Gasteiger partial charge in [0.2, 0.25) is 0 Å². The van der Waals surface area contributed by atoms with Crippen LogP contribution in [0.1, 0.15) is 137 Å². The molecule has 3 saturated carbocycles. The van der Waals surface area contributed by atoms with Crippen molar-refractivity contribution in [3.63, 3.8) is 0 Å². The second kappa shape index (κ2) is 23.5. The predicted molar refractivity (Wildman–Crippen MR) is 312 cm³/mol. The molecule has 0 aromatic carbocycles. The van der Waals surface area contributed by atoms with Crippen molar-refractivity contribution in [1.29, 1.82) is 0 Å². The van der Waals surface area contributed by atoms with Crippen LogP contribution in [0.4, 0.5) is 17.1 Å². The predicted octanol–water partition coefficient (Wildman–Crippen LogP) is 13.9. The molecule has 0 unspecified atom stereocenters. The minimum absolute atomic E-state index is 0. The van der Waals surface area contributed by atoms with Crippen molar-refractivity contribution >= 4 is 136 Å². The average Bonchev–Trinajstić information content (AvgIpc) is 4.08. The highest BCUT2D eigenvalue weighted by Crippen LogP contribution is 2.41. The van der Waals surface area contributed by atoms with Crippen LogP contribution in [0.15, 0.2) is 58.0 Å². The average molecular weight is 1090 g/mol. The van der Waals surface area contributed by atoms with Gasteiger partial charge in [0, 0.05) is 72.0 Å². The van der Waals surface area contributed by atoms with E-state index in [1.165, 1.54) is 91.8 Å². The molecule has 73 heavy (non-hydrogen) atoms. The van der Waals surface area contributed by atoms with Crippen LogP contribution in [-0.2, 0) is 0 Å². The smallest absolute Gasteiger partial charge is 0.271 e. The van der Waals surface area contributed by atoms with E-state index in [0.717, 1.165) is 96.5 Å². The van der Waals surface area contributed by atoms with E-state index in [1.807, 2.05) is 64.8 Å². The Balaban J connectivity index is 0.000000157. The number of rotatable bonds is 6. The maximum Gasteiger partial charge on any atom is 0.271 e. The summed E-state index contributed by atoms with van der Waals surface area (Å²) in [5, 5.41) is 6.92. The second-order valence-electron chi connectivity index (χ2n) is 18.9. The van der Waals surface area contributed by atoms with Crippen molar-refractivity contribution in [2.75, 3.05) is 50.4 Å². The molecule has 390 valence electrons. The molecule has 3 aliphatic carbocycles. The third-order valence-corrected chi connectivity index (χ3v) is 17.9. The Hall–Kier alpha value is -5.27. The number of pyridine rings is 3. The fraction of sp³-hybridized carbons (Fsp3) is 0.491. The summed E-state index contributed by atoms with van der Waals surface area (Å²) in [6, 6.07) is 2.83. The first-order chi connectivity index (χ1) is 33.9. The van der Waals surface area contributed by atoms with Gasteiger partial charge >= 0.3 is 0 Å². The summed E-state index contributed by atoms with van der Waals surface area (Å²) in [7, 11) is 9.69. The van der Waals surface area contributed by atoms with Crippen LogP contribution in [0.25, 0.3) is 61.3 Å². The molecular weight excluding hydrogens is 1020 g/mol. The standard InChI is InChI=1S/C17H19ClN4OS.C17H20N4OS.C16H17ClN4OS.3CH4/c1-21(2)14-11(18)8-19-16-12(14)13-15(24-16)17(23)22(9-20-13)10-6-4-3-5-7-10;1-20(2)12-8-9-18-16-13(12)14-15(23-16)17(22)21(10-19-14)11-6-4-3-5-7-11;1-18-12-10(17)7-19-15-11(12)13-14(23-15)16(22)21(8-20-13)9-5-3-2-4-6-9;;;/h8-10H,3-7H2,1-2H3;8-11H,3-7H2,1-2H3;7-9H,2-6H2,1H3,(H,18,19);3*1H4. The first-order valence-electron chi connectivity index (χ1n) is 24.2. The third kappa shape index (κ3) is 10.4. The van der Waals surface area contributed by atoms with Crippen LogP contribution in [0.2, 0.25) is 10.0 Å². The van der Waals surface area contributed by atoms with E-state index in [2.05, 4.69) is 35.2 Å². The van der Waals surface area contributed by atoms with Gasteiger partial charge in [0.1, 0.15) is 39.6 Å². The highest BCUT2D eigenvalue weighted by molar-refractivity contribution is 7.26. The molecule has 0 spiro atoms. The summed E-state index contributed by atoms with van der Waals surface area (Å²) >= 11 is 16.8. The Morgan fingerprint density at radius 2 is 0.904 bits per heavy atom. The van der Waals surface area contributed by atoms with Crippen LogP contribution in [0.5, 0.6) is 0 Å². The van der Waals surface area contributed by atoms with Crippen molar-refractivity contribution in [2.24, 2.45) is 0 Å². The van der Waals surface area contributed by atoms with Crippen molar-refractivity contribution in [1.82, 2.24) is 43.6 Å². The molecule has 0 saturated heterocycles. The maximum absolute atomic E-state index is 13.0. The molecule has 9 aromatic heterocycles. The molecule has 15 nitrogen and oxygen atoms in total. The van der Waals surface area contributed by atoms with E-state index in [0.29, 0.717) is 36.5 Å². The van der Waals surface area contributed by atoms with Gasteiger partial charge in [-0.3, -0.25) is 28.1 Å². The fourth-order valence-corrected chi connectivity index (χ4v) is 14.3. The molecule has 9 aromatic rings. The van der Waals surface area contributed by atoms with Crippen LogP contribution in [-0.4, -0.2) is 78.8 Å². The number of thiophene rings is 3. The van der Waals surface area contributed by atoms with Gasteiger partial charge in [-0.2, -0.15) is 0 Å². The van der Waals surface area contributed by atoms with Crippen LogP contribution >= 0.6 is 57.2 Å². The van der Waals surface area contributed by atoms with E-state index >= 15 is 0 Å². The quantitative estimate of drug-likeness (QED) is 0.168. The third-order valence-electron chi connectivity index (χ3n) is 14.1. The topological polar surface area (TPSA) is 162 Å². The lowest BCUT2D eigenvalue weighted by Crippen LogP contribution is -2.26. The van der Waals surface area contributed by atoms with Crippen molar-refractivity contribution in [2.45, 2.75) is 137 Å². The summed E-state index contributed by atoms with van der Waals surface area (Å²) in [5.41, 5.74) is 5.10. The molecule has 0 atom stereocenters. The number of hydrogen-bond acceptors (Lipinski definition) is 15. The molecule has 3 fully saturated rings. The summed E-state index contributed by atoms with van der Waals surface area (Å²) in [6.45, 7) is 0. The Morgan fingerprint density at radius 3 is 1.32 bits per heavy atom. The van der Waals surface area contributed by atoms with Gasteiger partial charge in [-0.15, -0.1) is 34.0 Å². The fourth-order valence-electron chi connectivity index (χ4n) is 10.6. The zero-order chi connectivity index (χ0) is 48.8. The molecule has 0 bridgehead atoms. The molecule has 9 heterocycles. The molecule has 0 amide bonds. The minimum atomic E-state index is 0. The number of nitrogens with one attached hydrogen (secondary N) is 1. The van der Waals surface area contributed by atoms with Gasteiger partial charge in [0.25, 0.3) is 16.7 Å². The Bertz CT molecular complexity index is 3580. The first-order valence-corrected chi connectivity index (χ1v) is 27.4. The molecule has 0 radical (unpaired) electrons. The molecule has 12 rings (SSSR count). The Morgan fingerprint density at radius 1 is 0.521 bits per heavy atom. The van der Waals surface area contributed by atoms with Crippen LogP contribution < -0.4 is 31.8 Å². The summed E-state index contributed by atoms with van der Waals surface area (Å²) in [6.07, 6.45) is 27.6. The highest BCUT2D eigenvalue weighted by Gasteiger charge is 2.25. The highest BCUT2D eigenvalue weighted by atomic mass is 35.5. The number of anilines is 3. The molecule has 1 N–H and O–H groups in total. The second-order valence-corrected chi connectivity index (χ2v) is 22.7. The molecular formula is C53H68Cl2N12O3S3. The minimum Gasteiger partial charge on any atom is -0.386 e. The zero-order valence-electron chi connectivity index (χ0n) is 40.0. The lowest BCUT2D eigenvalue weighted by Gasteiger charge is -2.23. The summed E-state index contributed by atoms with van der Waals surface area (Å²) < 4.78 is 7.57. The monoisotopic (exact) mass is 1090 g/mol. The normalized spacial score (nSPS) is 15.5. The number of hydrogen-bond donors (Lipinski definition) is 1. The number of aromatic nitrogens is 9. The van der Waals surface area contributed by atoms with Crippen molar-refractivity contribution in [3.8, 4) is 0 Å². The summed E-state index contributed by atoms with van der Waals surface area (Å²) in [4.78, 5) is 72.5. The molecule has 3 aliphatic rings. The molecule has 0 aliphatic heterocycles. The SMILES string of the molecule is C.C.C.CN(C)c1c(Cl)cnc2sc3c(=O)n(C4CCCCC4)cnc3c12.CN(C)c1ccnc2sc3c(=O)n(C4CCCCC4)cnc3c12.CNc1c(Cl)cnc2sc3c(=O)n(C4CCCCC4)cnc3c12. The van der Waals surface area contributed by atoms with E-state index in [1.54, 1.807) is 37.6 Å². The Kier molecular flexibility index (Phi) is 17.9. The number of halogens is 2. The van der Waals surface area contributed by atoms with Crippen LogP contribution in [0, 0.1) is 0 Å². The Labute approximate surface area is 448 Å². The van der Waals surface area contributed by atoms with Gasteiger partial charge in [0.15, 0.2) is 0 Å². The first kappa shape index (κ1) is 55.5. The van der Waals surface area contributed by atoms with E-state index in [9.17, 15) is 14.4 Å². The van der Waals surface area contributed by atoms with Gasteiger partial charge < -0.3 is 15.1 Å². The summed E-state index contributed by atoms with van der Waals surface area (Å²) in [5.74, 6) is 0. The van der Waals surface area contributed by atoms with Gasteiger partial charge in [-0.1, -0.05) is 103 Å². The van der Waals surface area contributed by atoms with Crippen molar-refractivity contribution < 1.29 is 0 Å². The number of nitrogens with zero attached hydrogens (tertiary/aromatic N) is 11. The molecule has 20 heteroatoms. The number of fused-ring (bicyclic) bond motifs is 9. The van der Waals surface area contributed by atoms with Gasteiger partial charge in [-0.05, 0) is 44.6 Å². The van der Waals surface area contributed by atoms with Gasteiger partial charge in [0.05, 0.1) is 67.8 Å². The zero-order valence-corrected chi connectivity index (χ0v) is 44.0. The van der Waals surface area contributed by atoms with E-state index < -0.39 is 0 Å². The van der Waals surface area contributed by atoms with Crippen LogP contribution in [0.3, 0.4) is 0 Å². The maximum atomic E-state index is 13.0. The van der Waals surface area contributed by atoms with E-state index in [4.69, 9.17) is 23.2 Å². The largest absolute Gasteiger partial charge is 0.386 e.